The van der Waals surface area contributed by atoms with Crippen LogP contribution in [0.5, 0.6) is 5.75 Å². The molecule has 0 aliphatic heterocycles. The van der Waals surface area contributed by atoms with E-state index in [9.17, 15) is 0 Å². The third-order valence-corrected chi connectivity index (χ3v) is 3.80. The molecule has 5 nitrogen and oxygen atoms in total. The number of benzene rings is 1. The number of hydrogen-bond acceptors (Lipinski definition) is 6. The van der Waals surface area contributed by atoms with Gasteiger partial charge in [0.25, 0.3) is 0 Å². The third-order valence-electron chi connectivity index (χ3n) is 2.95. The summed E-state index contributed by atoms with van der Waals surface area (Å²) in [7, 11) is 0. The first-order valence-corrected chi connectivity index (χ1v) is 7.71. The molecule has 0 saturated carbocycles. The van der Waals surface area contributed by atoms with E-state index in [2.05, 4.69) is 27.4 Å². The lowest BCUT2D eigenvalue weighted by Gasteiger charge is -2.06. The van der Waals surface area contributed by atoms with Crippen LogP contribution in [0.1, 0.15) is 18.4 Å². The van der Waals surface area contributed by atoms with E-state index in [-0.39, 0.29) is 0 Å². The molecule has 0 aliphatic carbocycles. The van der Waals surface area contributed by atoms with Crippen LogP contribution in [0, 0.1) is 0 Å². The van der Waals surface area contributed by atoms with Crippen molar-refractivity contribution in [1.29, 1.82) is 0 Å². The number of hydrogen-bond donors (Lipinski definition) is 1. The largest absolute Gasteiger partial charge is 0.486 e. The molecule has 3 rings (SSSR count). The number of aromatic nitrogens is 3. The fourth-order valence-electron chi connectivity index (χ4n) is 1.96. The van der Waals surface area contributed by atoms with Gasteiger partial charge in [-0.25, -0.2) is 0 Å². The number of anilines is 1. The highest BCUT2D eigenvalue weighted by Gasteiger charge is 2.06. The van der Waals surface area contributed by atoms with Gasteiger partial charge in [0.2, 0.25) is 5.13 Å². The molecule has 6 heteroatoms. The van der Waals surface area contributed by atoms with E-state index in [1.165, 1.54) is 11.3 Å². The molecule has 0 spiro atoms. The van der Waals surface area contributed by atoms with Crippen LogP contribution in [0.25, 0.3) is 10.9 Å². The minimum Gasteiger partial charge on any atom is -0.486 e. The summed E-state index contributed by atoms with van der Waals surface area (Å²) < 4.78 is 5.86. The molecule has 0 amide bonds. The SMILES string of the molecule is CCCNc1nnc(COc2cccc3ncccc23)s1. The number of pyridine rings is 1. The molecule has 108 valence electrons. The molecule has 3 aromatic rings. The smallest absolute Gasteiger partial charge is 0.205 e. The van der Waals surface area contributed by atoms with Crippen molar-refractivity contribution in [2.24, 2.45) is 0 Å². The summed E-state index contributed by atoms with van der Waals surface area (Å²) in [5.74, 6) is 0.818. The molecule has 0 fully saturated rings. The molecule has 1 aromatic carbocycles. The predicted molar refractivity (Wildman–Crippen MR) is 84.8 cm³/mol. The number of nitrogens with one attached hydrogen (secondary N) is 1. The molecule has 21 heavy (non-hydrogen) atoms. The van der Waals surface area contributed by atoms with Gasteiger partial charge < -0.3 is 10.1 Å². The van der Waals surface area contributed by atoms with E-state index in [0.717, 1.165) is 39.8 Å². The summed E-state index contributed by atoms with van der Waals surface area (Å²) in [6, 6.07) is 9.78. The van der Waals surface area contributed by atoms with Gasteiger partial charge in [0.05, 0.1) is 5.52 Å². The predicted octanol–water partition coefficient (Wildman–Crippen LogP) is 3.49. The highest BCUT2D eigenvalue weighted by atomic mass is 32.1. The summed E-state index contributed by atoms with van der Waals surface area (Å²) in [6.07, 6.45) is 2.84. The van der Waals surface area contributed by atoms with Crippen LogP contribution < -0.4 is 10.1 Å². The third kappa shape index (κ3) is 3.28. The first kappa shape index (κ1) is 13.8. The van der Waals surface area contributed by atoms with E-state index in [1.54, 1.807) is 6.20 Å². The summed E-state index contributed by atoms with van der Waals surface area (Å²) in [5, 5.41) is 14.2. The fraction of sp³-hybridized carbons (Fsp3) is 0.267. The summed E-state index contributed by atoms with van der Waals surface area (Å²) in [6.45, 7) is 3.44. The van der Waals surface area contributed by atoms with Crippen LogP contribution in [-0.2, 0) is 6.61 Å². The first-order valence-electron chi connectivity index (χ1n) is 6.89. The Morgan fingerprint density at radius 3 is 3.05 bits per heavy atom. The van der Waals surface area contributed by atoms with Crippen LogP contribution in [-0.4, -0.2) is 21.7 Å². The second-order valence-electron chi connectivity index (χ2n) is 4.54. The summed E-state index contributed by atoms with van der Waals surface area (Å²) >= 11 is 1.52. The van der Waals surface area contributed by atoms with Crippen molar-refractivity contribution in [3.8, 4) is 5.75 Å². The van der Waals surface area contributed by atoms with Gasteiger partial charge in [-0.05, 0) is 30.7 Å². The molecule has 0 saturated heterocycles. The quantitative estimate of drug-likeness (QED) is 0.755. The Labute approximate surface area is 127 Å². The maximum Gasteiger partial charge on any atom is 0.205 e. The lowest BCUT2D eigenvalue weighted by atomic mass is 10.2. The van der Waals surface area contributed by atoms with Crippen molar-refractivity contribution in [3.63, 3.8) is 0 Å². The molecule has 0 radical (unpaired) electrons. The van der Waals surface area contributed by atoms with Crippen LogP contribution in [0.15, 0.2) is 36.5 Å². The Morgan fingerprint density at radius 1 is 1.19 bits per heavy atom. The number of ether oxygens (including phenoxy) is 1. The Bertz CT molecular complexity index is 723. The molecule has 0 bridgehead atoms. The number of rotatable bonds is 6. The molecule has 1 N–H and O–H groups in total. The number of fused-ring (bicyclic) bond motifs is 1. The van der Waals surface area contributed by atoms with Crippen LogP contribution >= 0.6 is 11.3 Å². The highest BCUT2D eigenvalue weighted by molar-refractivity contribution is 7.15. The maximum absolute atomic E-state index is 5.86. The first-order chi connectivity index (χ1) is 10.4. The minimum atomic E-state index is 0.416. The van der Waals surface area contributed by atoms with Gasteiger partial charge in [-0.1, -0.05) is 24.3 Å². The normalized spacial score (nSPS) is 10.7. The van der Waals surface area contributed by atoms with Gasteiger partial charge in [-0.3, -0.25) is 4.98 Å². The lowest BCUT2D eigenvalue weighted by Crippen LogP contribution is -1.98. The van der Waals surface area contributed by atoms with E-state index < -0.39 is 0 Å². The average molecular weight is 300 g/mol. The molecule has 0 aliphatic rings. The van der Waals surface area contributed by atoms with E-state index in [0.29, 0.717) is 6.61 Å². The fourth-order valence-corrected chi connectivity index (χ4v) is 2.63. The highest BCUT2D eigenvalue weighted by Crippen LogP contribution is 2.25. The summed E-state index contributed by atoms with van der Waals surface area (Å²) in [4.78, 5) is 4.32. The van der Waals surface area contributed by atoms with Crippen molar-refractivity contribution in [3.05, 3.63) is 41.5 Å². The van der Waals surface area contributed by atoms with Crippen molar-refractivity contribution in [1.82, 2.24) is 15.2 Å². The van der Waals surface area contributed by atoms with E-state index >= 15 is 0 Å². The second-order valence-corrected chi connectivity index (χ2v) is 5.60. The van der Waals surface area contributed by atoms with Crippen molar-refractivity contribution in [2.75, 3.05) is 11.9 Å². The van der Waals surface area contributed by atoms with Gasteiger partial charge in [0, 0.05) is 18.1 Å². The van der Waals surface area contributed by atoms with Crippen molar-refractivity contribution < 1.29 is 4.74 Å². The van der Waals surface area contributed by atoms with Crippen molar-refractivity contribution >= 4 is 27.4 Å². The van der Waals surface area contributed by atoms with Crippen LogP contribution in [0.3, 0.4) is 0 Å². The summed E-state index contributed by atoms with van der Waals surface area (Å²) in [5.41, 5.74) is 0.928. The van der Waals surface area contributed by atoms with E-state index in [4.69, 9.17) is 4.74 Å². The van der Waals surface area contributed by atoms with Gasteiger partial charge >= 0.3 is 0 Å². The Hall–Kier alpha value is -2.21. The standard InChI is InChI=1S/C15H16N4OS/c1-2-8-17-15-19-18-14(21-15)10-20-13-7-3-6-12-11(13)5-4-9-16-12/h3-7,9H,2,8,10H2,1H3,(H,17,19). The van der Waals surface area contributed by atoms with E-state index in [1.807, 2.05) is 30.3 Å². The van der Waals surface area contributed by atoms with Crippen LogP contribution in [0.2, 0.25) is 0 Å². The molecule has 0 atom stereocenters. The molecule has 2 heterocycles. The topological polar surface area (TPSA) is 59.9 Å². The van der Waals surface area contributed by atoms with Crippen molar-refractivity contribution in [2.45, 2.75) is 20.0 Å². The molecule has 0 unspecified atom stereocenters. The Balaban J connectivity index is 1.70. The van der Waals surface area contributed by atoms with Crippen LogP contribution in [0.4, 0.5) is 5.13 Å². The average Bonchev–Trinajstić information content (AvgIpc) is 2.99. The zero-order chi connectivity index (χ0) is 14.5. The Kier molecular flexibility index (Phi) is 4.25. The van der Waals surface area contributed by atoms with Gasteiger partial charge in [-0.15, -0.1) is 10.2 Å². The van der Waals surface area contributed by atoms with Gasteiger partial charge in [0.1, 0.15) is 12.4 Å². The second kappa shape index (κ2) is 6.49. The van der Waals surface area contributed by atoms with Gasteiger partial charge in [-0.2, -0.15) is 0 Å². The lowest BCUT2D eigenvalue weighted by molar-refractivity contribution is 0.308. The molecule has 2 aromatic heterocycles. The zero-order valence-electron chi connectivity index (χ0n) is 11.7. The Morgan fingerprint density at radius 2 is 2.14 bits per heavy atom. The number of nitrogens with zero attached hydrogens (tertiary/aromatic N) is 3. The molecular formula is C15H16N4OS. The molecular weight excluding hydrogens is 284 g/mol. The zero-order valence-corrected chi connectivity index (χ0v) is 12.6. The monoisotopic (exact) mass is 300 g/mol. The minimum absolute atomic E-state index is 0.416. The maximum atomic E-state index is 5.86. The van der Waals surface area contributed by atoms with Gasteiger partial charge in [0.15, 0.2) is 5.01 Å².